The second-order valence-electron chi connectivity index (χ2n) is 4.51. The molecule has 2 aromatic carbocycles. The fourth-order valence-electron chi connectivity index (χ4n) is 2.08. The third-order valence-electron chi connectivity index (χ3n) is 3.00. The van der Waals surface area contributed by atoms with Gasteiger partial charge in [0.2, 0.25) is 5.89 Å². The molecule has 0 atom stereocenters. The van der Waals surface area contributed by atoms with Crippen molar-refractivity contribution < 1.29 is 4.52 Å². The number of hydrogen-bond acceptors (Lipinski definition) is 4. The summed E-state index contributed by atoms with van der Waals surface area (Å²) in [4.78, 5) is 4.15. The van der Waals surface area contributed by atoms with Crippen molar-refractivity contribution in [3.63, 3.8) is 0 Å². The van der Waals surface area contributed by atoms with Gasteiger partial charge in [0.1, 0.15) is 0 Å². The Kier molecular flexibility index (Phi) is 3.25. The number of nitrogens with one attached hydrogen (secondary N) is 1. The second-order valence-corrected chi connectivity index (χ2v) is 4.51. The molecular weight excluding hydrogens is 238 g/mol. The van der Waals surface area contributed by atoms with E-state index < -0.39 is 0 Å². The Hall–Kier alpha value is -2.20. The van der Waals surface area contributed by atoms with Crippen LogP contribution < -0.4 is 5.32 Å². The lowest BCUT2D eigenvalue weighted by atomic mass is 10.1. The van der Waals surface area contributed by atoms with Crippen LogP contribution in [0.2, 0.25) is 0 Å². The van der Waals surface area contributed by atoms with Crippen LogP contribution in [0, 0.1) is 6.92 Å². The molecule has 4 heteroatoms. The summed E-state index contributed by atoms with van der Waals surface area (Å²) in [5.41, 5.74) is 1.25. The molecular formula is C15H15N3O. The molecule has 0 radical (unpaired) electrons. The zero-order valence-electron chi connectivity index (χ0n) is 10.8. The summed E-state index contributed by atoms with van der Waals surface area (Å²) in [5.74, 6) is 1.29. The molecule has 1 N–H and O–H groups in total. The van der Waals surface area contributed by atoms with E-state index in [1.807, 2.05) is 0 Å². The molecule has 0 aliphatic heterocycles. The largest absolute Gasteiger partial charge is 0.340 e. The van der Waals surface area contributed by atoms with E-state index >= 15 is 0 Å². The summed E-state index contributed by atoms with van der Waals surface area (Å²) >= 11 is 0. The summed E-state index contributed by atoms with van der Waals surface area (Å²) in [6.45, 7) is 3.20. The highest BCUT2D eigenvalue weighted by Gasteiger charge is 2.01. The maximum absolute atomic E-state index is 4.92. The van der Waals surface area contributed by atoms with Crippen molar-refractivity contribution >= 4 is 10.8 Å². The van der Waals surface area contributed by atoms with Crippen LogP contribution in [-0.4, -0.2) is 10.1 Å². The van der Waals surface area contributed by atoms with Gasteiger partial charge in [-0.1, -0.05) is 41.6 Å². The monoisotopic (exact) mass is 253 g/mol. The summed E-state index contributed by atoms with van der Waals surface area (Å²) < 4.78 is 4.92. The third kappa shape index (κ3) is 2.80. The van der Waals surface area contributed by atoms with E-state index in [0.717, 1.165) is 6.54 Å². The van der Waals surface area contributed by atoms with Gasteiger partial charge >= 0.3 is 0 Å². The van der Waals surface area contributed by atoms with Crippen molar-refractivity contribution in [3.05, 3.63) is 59.7 Å². The van der Waals surface area contributed by atoms with Gasteiger partial charge in [-0.2, -0.15) is 4.98 Å². The quantitative estimate of drug-likeness (QED) is 0.776. The first-order valence-electron chi connectivity index (χ1n) is 6.29. The van der Waals surface area contributed by atoms with Crippen LogP contribution in [0.5, 0.6) is 0 Å². The normalized spacial score (nSPS) is 11.0. The van der Waals surface area contributed by atoms with E-state index in [1.165, 1.54) is 16.3 Å². The van der Waals surface area contributed by atoms with Gasteiger partial charge < -0.3 is 9.84 Å². The molecule has 3 aromatic rings. The lowest BCUT2D eigenvalue weighted by molar-refractivity contribution is 0.385. The smallest absolute Gasteiger partial charge is 0.223 e. The van der Waals surface area contributed by atoms with Gasteiger partial charge in [0.05, 0.1) is 6.54 Å². The Labute approximate surface area is 111 Å². The van der Waals surface area contributed by atoms with Gasteiger partial charge in [0, 0.05) is 13.5 Å². The molecule has 0 amide bonds. The Balaban J connectivity index is 1.65. The molecule has 0 saturated carbocycles. The maximum Gasteiger partial charge on any atom is 0.223 e. The Morgan fingerprint density at radius 1 is 1.05 bits per heavy atom. The standard InChI is InChI=1S/C15H15N3O/c1-11-17-15(18-19-11)10-16-9-12-6-7-13-4-2-3-5-14(13)8-12/h2-8,16H,9-10H2,1H3. The van der Waals surface area contributed by atoms with Crippen LogP contribution >= 0.6 is 0 Å². The van der Waals surface area contributed by atoms with E-state index in [1.54, 1.807) is 6.92 Å². The lowest BCUT2D eigenvalue weighted by Gasteiger charge is -2.04. The summed E-state index contributed by atoms with van der Waals surface area (Å²) in [6, 6.07) is 14.8. The first-order chi connectivity index (χ1) is 9.31. The minimum absolute atomic E-state index is 0.600. The number of rotatable bonds is 4. The molecule has 0 fully saturated rings. The van der Waals surface area contributed by atoms with Crippen molar-refractivity contribution in [2.45, 2.75) is 20.0 Å². The fraction of sp³-hybridized carbons (Fsp3) is 0.200. The topological polar surface area (TPSA) is 51.0 Å². The Bertz CT molecular complexity index is 690. The maximum atomic E-state index is 4.92. The van der Waals surface area contributed by atoms with Gasteiger partial charge in [-0.25, -0.2) is 0 Å². The third-order valence-corrected chi connectivity index (χ3v) is 3.00. The zero-order chi connectivity index (χ0) is 13.1. The summed E-state index contributed by atoms with van der Waals surface area (Å²) in [5, 5.41) is 9.68. The number of nitrogens with zero attached hydrogens (tertiary/aromatic N) is 2. The molecule has 1 aromatic heterocycles. The molecule has 0 aliphatic carbocycles. The summed E-state index contributed by atoms with van der Waals surface area (Å²) in [7, 11) is 0. The van der Waals surface area contributed by atoms with Crippen molar-refractivity contribution in [3.8, 4) is 0 Å². The zero-order valence-corrected chi connectivity index (χ0v) is 10.8. The lowest BCUT2D eigenvalue weighted by Crippen LogP contribution is -2.13. The fourth-order valence-corrected chi connectivity index (χ4v) is 2.08. The minimum atomic E-state index is 0.600. The number of aromatic nitrogens is 2. The van der Waals surface area contributed by atoms with Crippen LogP contribution in [-0.2, 0) is 13.1 Å². The molecule has 0 saturated heterocycles. The molecule has 0 bridgehead atoms. The number of hydrogen-bond donors (Lipinski definition) is 1. The van der Waals surface area contributed by atoms with Crippen molar-refractivity contribution in [1.29, 1.82) is 0 Å². The molecule has 4 nitrogen and oxygen atoms in total. The van der Waals surface area contributed by atoms with Gasteiger partial charge in [-0.3, -0.25) is 0 Å². The molecule has 0 spiro atoms. The van der Waals surface area contributed by atoms with E-state index in [9.17, 15) is 0 Å². The molecule has 0 unspecified atom stereocenters. The van der Waals surface area contributed by atoms with Crippen LogP contribution in [0.4, 0.5) is 0 Å². The minimum Gasteiger partial charge on any atom is -0.340 e. The SMILES string of the molecule is Cc1nc(CNCc2ccc3ccccc3c2)no1. The average Bonchev–Trinajstić information content (AvgIpc) is 2.84. The van der Waals surface area contributed by atoms with Crippen LogP contribution in [0.15, 0.2) is 47.0 Å². The first-order valence-corrected chi connectivity index (χ1v) is 6.29. The highest BCUT2D eigenvalue weighted by molar-refractivity contribution is 5.82. The van der Waals surface area contributed by atoms with Crippen LogP contribution in [0.25, 0.3) is 10.8 Å². The molecule has 96 valence electrons. The van der Waals surface area contributed by atoms with Crippen LogP contribution in [0.1, 0.15) is 17.3 Å². The van der Waals surface area contributed by atoms with Crippen molar-refractivity contribution in [2.24, 2.45) is 0 Å². The van der Waals surface area contributed by atoms with Gasteiger partial charge in [-0.15, -0.1) is 0 Å². The first kappa shape index (κ1) is 11.9. The van der Waals surface area contributed by atoms with Crippen LogP contribution in [0.3, 0.4) is 0 Å². The highest BCUT2D eigenvalue weighted by atomic mass is 16.5. The van der Waals surface area contributed by atoms with Crippen molar-refractivity contribution in [2.75, 3.05) is 0 Å². The molecule has 0 aliphatic rings. The highest BCUT2D eigenvalue weighted by Crippen LogP contribution is 2.15. The predicted molar refractivity (Wildman–Crippen MR) is 73.5 cm³/mol. The number of fused-ring (bicyclic) bond motifs is 1. The molecule has 19 heavy (non-hydrogen) atoms. The van der Waals surface area contributed by atoms with E-state index in [0.29, 0.717) is 18.3 Å². The van der Waals surface area contributed by atoms with E-state index in [2.05, 4.69) is 57.9 Å². The van der Waals surface area contributed by atoms with E-state index in [-0.39, 0.29) is 0 Å². The Morgan fingerprint density at radius 3 is 2.68 bits per heavy atom. The van der Waals surface area contributed by atoms with E-state index in [4.69, 9.17) is 4.52 Å². The number of benzene rings is 2. The van der Waals surface area contributed by atoms with Gasteiger partial charge in [0.25, 0.3) is 0 Å². The summed E-state index contributed by atoms with van der Waals surface area (Å²) in [6.07, 6.45) is 0. The molecule has 1 heterocycles. The second kappa shape index (κ2) is 5.20. The Morgan fingerprint density at radius 2 is 1.89 bits per heavy atom. The van der Waals surface area contributed by atoms with Gasteiger partial charge in [0.15, 0.2) is 5.82 Å². The van der Waals surface area contributed by atoms with Crippen molar-refractivity contribution in [1.82, 2.24) is 15.5 Å². The average molecular weight is 253 g/mol. The molecule has 3 rings (SSSR count). The predicted octanol–water partition coefficient (Wildman–Crippen LogP) is 2.82. The van der Waals surface area contributed by atoms with Gasteiger partial charge in [-0.05, 0) is 22.4 Å². The number of aryl methyl sites for hydroxylation is 1.